The van der Waals surface area contributed by atoms with Gasteiger partial charge in [0, 0.05) is 34.8 Å². The van der Waals surface area contributed by atoms with Crippen molar-refractivity contribution in [2.24, 2.45) is 0 Å². The van der Waals surface area contributed by atoms with E-state index in [4.69, 9.17) is 32.9 Å². The van der Waals surface area contributed by atoms with Gasteiger partial charge in [-0.3, -0.25) is 0 Å². The van der Waals surface area contributed by atoms with E-state index in [-0.39, 0.29) is 5.97 Å². The predicted molar refractivity (Wildman–Crippen MR) is 161 cm³/mol. The van der Waals surface area contributed by atoms with Crippen LogP contribution in [0.2, 0.25) is 10.0 Å². The number of rotatable bonds is 11. The van der Waals surface area contributed by atoms with Crippen molar-refractivity contribution < 1.29 is 13.7 Å². The van der Waals surface area contributed by atoms with Gasteiger partial charge in [-0.1, -0.05) is 66.9 Å². The number of imidazole rings is 1. The molecule has 0 radical (unpaired) electrons. The zero-order valence-corrected chi connectivity index (χ0v) is 24.0. The van der Waals surface area contributed by atoms with E-state index in [0.29, 0.717) is 27.9 Å². The van der Waals surface area contributed by atoms with E-state index in [2.05, 4.69) is 11.6 Å². The van der Waals surface area contributed by atoms with Crippen LogP contribution in [0.25, 0.3) is 23.4 Å². The molecular weight excluding hydrogens is 553 g/mol. The molecule has 4 aromatic rings. The van der Waals surface area contributed by atoms with Crippen molar-refractivity contribution in [2.75, 3.05) is 17.6 Å². The van der Waals surface area contributed by atoms with Crippen LogP contribution >= 0.6 is 23.2 Å². The first kappa shape index (κ1) is 28.6. The summed E-state index contributed by atoms with van der Waals surface area (Å²) < 4.78 is 22.0. The molecule has 39 heavy (non-hydrogen) atoms. The lowest BCUT2D eigenvalue weighted by atomic mass is 10.1. The molecule has 0 saturated heterocycles. The molecule has 0 spiro atoms. The highest BCUT2D eigenvalue weighted by Gasteiger charge is 2.13. The summed E-state index contributed by atoms with van der Waals surface area (Å²) >= 11 is 12.6. The maximum atomic E-state index is 12.1. The van der Waals surface area contributed by atoms with E-state index in [9.17, 15) is 9.00 Å². The van der Waals surface area contributed by atoms with Gasteiger partial charge in [0.05, 0.1) is 23.4 Å². The van der Waals surface area contributed by atoms with Crippen molar-refractivity contribution in [3.8, 4) is 11.3 Å². The summed E-state index contributed by atoms with van der Waals surface area (Å²) in [6.45, 7) is 2.61. The van der Waals surface area contributed by atoms with Crippen LogP contribution in [-0.4, -0.2) is 32.6 Å². The molecule has 4 rings (SSSR count). The number of esters is 1. The molecule has 1 aromatic heterocycles. The Hall–Kier alpha value is -3.39. The molecule has 9 heteroatoms. The van der Waals surface area contributed by atoms with Crippen LogP contribution in [0.5, 0.6) is 0 Å². The number of benzene rings is 3. The Kier molecular flexibility index (Phi) is 9.98. The van der Waals surface area contributed by atoms with Gasteiger partial charge in [-0.25, -0.2) is 14.0 Å². The Labute approximate surface area is 241 Å². The first-order valence-electron chi connectivity index (χ1n) is 12.5. The van der Waals surface area contributed by atoms with Gasteiger partial charge in [0.15, 0.2) is 0 Å². The largest absolute Gasteiger partial charge is 0.465 e. The molecule has 0 fully saturated rings. The van der Waals surface area contributed by atoms with Crippen molar-refractivity contribution in [2.45, 2.75) is 26.3 Å². The molecule has 0 aliphatic heterocycles. The number of anilines is 1. The fourth-order valence-corrected chi connectivity index (χ4v) is 5.43. The minimum absolute atomic E-state index is 0.374. The van der Waals surface area contributed by atoms with Crippen LogP contribution in [0.3, 0.4) is 0 Å². The minimum Gasteiger partial charge on any atom is -0.465 e. The predicted octanol–water partition coefficient (Wildman–Crippen LogP) is 7.74. The van der Waals surface area contributed by atoms with Crippen LogP contribution in [0, 0.1) is 0 Å². The highest BCUT2D eigenvalue weighted by Crippen LogP contribution is 2.30. The van der Waals surface area contributed by atoms with Gasteiger partial charge in [-0.2, -0.15) is 0 Å². The molecule has 202 valence electrons. The Morgan fingerprint density at radius 1 is 1.05 bits per heavy atom. The number of unbranched alkanes of at least 4 members (excludes halogenated alkanes) is 1. The topological polar surface area (TPSA) is 73.2 Å². The number of hydrogen-bond donors (Lipinski definition) is 1. The van der Waals surface area contributed by atoms with Crippen molar-refractivity contribution in [3.05, 3.63) is 105 Å². The normalized spacial score (nSPS) is 12.0. The van der Waals surface area contributed by atoms with Gasteiger partial charge in [0.25, 0.3) is 0 Å². The Morgan fingerprint density at radius 3 is 2.46 bits per heavy atom. The number of halogens is 2. The van der Waals surface area contributed by atoms with Crippen LogP contribution < -0.4 is 4.72 Å². The van der Waals surface area contributed by atoms with Crippen molar-refractivity contribution >= 4 is 58.0 Å². The number of carbonyl (C=O) groups excluding carboxylic acids is 1. The molecule has 1 heterocycles. The van der Waals surface area contributed by atoms with Gasteiger partial charge >= 0.3 is 5.97 Å². The third kappa shape index (κ3) is 7.82. The number of ether oxygens (including phenoxy) is 1. The van der Waals surface area contributed by atoms with Gasteiger partial charge in [-0.15, -0.1) is 0 Å². The minimum atomic E-state index is -1.08. The first-order chi connectivity index (χ1) is 18.9. The lowest BCUT2D eigenvalue weighted by Crippen LogP contribution is -2.08. The smallest absolute Gasteiger partial charge is 0.337 e. The number of nitrogens with zero attached hydrogens (tertiary/aromatic N) is 2. The molecule has 0 aliphatic carbocycles. The van der Waals surface area contributed by atoms with Crippen LogP contribution in [0.15, 0.2) is 72.9 Å². The molecule has 0 bridgehead atoms. The summed E-state index contributed by atoms with van der Waals surface area (Å²) in [6, 6.07) is 20.4. The quantitative estimate of drug-likeness (QED) is 0.184. The summed E-state index contributed by atoms with van der Waals surface area (Å²) in [5, 5.41) is 1.07. The van der Waals surface area contributed by atoms with Gasteiger partial charge in [0.2, 0.25) is 0 Å². The SMILES string of the molecule is CCCCS(=O)Nc1ccc(/C=C/c2nc(-c3ccc(Cl)cc3Cl)cn2Cc2ccc(C(=O)OC)cc2)cc1. The van der Waals surface area contributed by atoms with E-state index < -0.39 is 11.0 Å². The highest BCUT2D eigenvalue weighted by atomic mass is 35.5. The average molecular weight is 583 g/mol. The zero-order chi connectivity index (χ0) is 27.8. The van der Waals surface area contributed by atoms with Crippen molar-refractivity contribution in [3.63, 3.8) is 0 Å². The zero-order valence-electron chi connectivity index (χ0n) is 21.7. The highest BCUT2D eigenvalue weighted by molar-refractivity contribution is 7.86. The molecular formula is C30H29Cl2N3O3S. The molecule has 1 atom stereocenters. The molecule has 0 aliphatic rings. The number of nitrogens with one attached hydrogen (secondary N) is 1. The van der Waals surface area contributed by atoms with Gasteiger partial charge in [-0.05, 0) is 66.1 Å². The fraction of sp³-hybridized carbons (Fsp3) is 0.200. The summed E-state index contributed by atoms with van der Waals surface area (Å²) in [7, 11) is 0.280. The van der Waals surface area contributed by atoms with Gasteiger partial charge in [0.1, 0.15) is 16.8 Å². The van der Waals surface area contributed by atoms with Gasteiger partial charge < -0.3 is 14.0 Å². The molecule has 0 saturated carbocycles. The van der Waals surface area contributed by atoms with E-state index >= 15 is 0 Å². The van der Waals surface area contributed by atoms with E-state index in [1.54, 1.807) is 24.3 Å². The number of carbonyl (C=O) groups is 1. The van der Waals surface area contributed by atoms with E-state index in [1.165, 1.54) is 7.11 Å². The number of hydrogen-bond acceptors (Lipinski definition) is 4. The summed E-state index contributed by atoms with van der Waals surface area (Å²) in [5.41, 5.74) is 4.78. The Morgan fingerprint density at radius 2 is 1.79 bits per heavy atom. The van der Waals surface area contributed by atoms with Crippen LogP contribution in [0.4, 0.5) is 5.69 Å². The molecule has 6 nitrogen and oxygen atoms in total. The third-order valence-electron chi connectivity index (χ3n) is 5.99. The van der Waals surface area contributed by atoms with Crippen LogP contribution in [0.1, 0.15) is 47.1 Å². The van der Waals surface area contributed by atoms with E-state index in [1.807, 2.05) is 65.4 Å². The Bertz CT molecular complexity index is 1480. The molecule has 1 N–H and O–H groups in total. The summed E-state index contributed by atoms with van der Waals surface area (Å²) in [6.07, 6.45) is 7.80. The maximum Gasteiger partial charge on any atom is 0.337 e. The Balaban J connectivity index is 1.59. The fourth-order valence-electron chi connectivity index (χ4n) is 3.87. The van der Waals surface area contributed by atoms with Crippen molar-refractivity contribution in [1.82, 2.24) is 9.55 Å². The summed E-state index contributed by atoms with van der Waals surface area (Å²) in [5.74, 6) is 0.989. The average Bonchev–Trinajstić information content (AvgIpc) is 3.33. The monoisotopic (exact) mass is 581 g/mol. The lowest BCUT2D eigenvalue weighted by molar-refractivity contribution is 0.0600. The molecule has 3 aromatic carbocycles. The van der Waals surface area contributed by atoms with Crippen LogP contribution in [-0.2, 0) is 22.3 Å². The number of aromatic nitrogens is 2. The second-order valence-corrected chi connectivity index (χ2v) is 11.0. The second-order valence-electron chi connectivity index (χ2n) is 8.89. The molecule has 0 amide bonds. The standard InChI is InChI=1S/C30H29Cl2N3O3S/c1-3-4-17-39(37)34-25-13-7-21(8-14-25)9-16-29-33-28(26-15-12-24(31)18-27(26)32)20-35(29)19-22-5-10-23(11-6-22)30(36)38-2/h5-16,18,20,34H,3-4,17,19H2,1-2H3/b16-9+. The van der Waals surface area contributed by atoms with Crippen molar-refractivity contribution in [1.29, 1.82) is 0 Å². The maximum absolute atomic E-state index is 12.1. The van der Waals surface area contributed by atoms with E-state index in [0.717, 1.165) is 46.7 Å². The summed E-state index contributed by atoms with van der Waals surface area (Å²) in [4.78, 5) is 16.6. The second kappa shape index (κ2) is 13.6. The lowest BCUT2D eigenvalue weighted by Gasteiger charge is -2.07. The third-order valence-corrected chi connectivity index (χ3v) is 7.66. The molecule has 1 unspecified atom stereocenters. The number of methoxy groups -OCH3 is 1. The first-order valence-corrected chi connectivity index (χ1v) is 14.6.